The number of hydrogen-bond acceptors (Lipinski definition) is 4. The van der Waals surface area contributed by atoms with E-state index in [0.717, 1.165) is 16.6 Å². The molecule has 2 aromatic heterocycles. The Hall–Kier alpha value is -3.68. The highest BCUT2D eigenvalue weighted by molar-refractivity contribution is 6.18. The molecule has 0 bridgehead atoms. The lowest BCUT2D eigenvalue weighted by atomic mass is 9.84. The second kappa shape index (κ2) is 7.05. The van der Waals surface area contributed by atoms with Gasteiger partial charge in [0.05, 0.1) is 5.69 Å². The summed E-state index contributed by atoms with van der Waals surface area (Å²) in [6, 6.07) is 7.73. The largest absolute Gasteiger partial charge is 0.478 e. The van der Waals surface area contributed by atoms with Crippen LogP contribution in [-0.4, -0.2) is 42.5 Å². The van der Waals surface area contributed by atoms with Crippen molar-refractivity contribution < 1.29 is 24.6 Å². The minimum atomic E-state index is -1.37. The first-order valence-electron chi connectivity index (χ1n) is 9.19. The number of aliphatic carboxylic acids is 2. The summed E-state index contributed by atoms with van der Waals surface area (Å²) in [6.45, 7) is 0. The Balaban J connectivity index is 1.63. The summed E-state index contributed by atoms with van der Waals surface area (Å²) in [5.41, 5.74) is 2.61. The maximum absolute atomic E-state index is 13.2. The van der Waals surface area contributed by atoms with Gasteiger partial charge in [0.2, 0.25) is 0 Å². The highest BCUT2D eigenvalue weighted by atomic mass is 16.4. The van der Waals surface area contributed by atoms with Gasteiger partial charge in [-0.15, -0.1) is 0 Å². The average molecular weight is 393 g/mol. The molecule has 0 saturated carbocycles. The number of carboxylic acids is 2. The molecule has 4 rings (SSSR count). The number of carbonyl (C=O) groups excluding carboxylic acids is 1. The summed E-state index contributed by atoms with van der Waals surface area (Å²) < 4.78 is 1.93. The zero-order chi connectivity index (χ0) is 20.7. The third-order valence-corrected chi connectivity index (χ3v) is 5.33. The quantitative estimate of drug-likeness (QED) is 0.452. The molecule has 0 aliphatic heterocycles. The van der Waals surface area contributed by atoms with Gasteiger partial charge in [0.25, 0.3) is 0 Å². The topological polar surface area (TPSA) is 125 Å². The lowest BCUT2D eigenvalue weighted by Gasteiger charge is -2.19. The van der Waals surface area contributed by atoms with Crippen LogP contribution in [0.3, 0.4) is 0 Å². The summed E-state index contributed by atoms with van der Waals surface area (Å²) in [5.74, 6) is -2.96. The van der Waals surface area contributed by atoms with E-state index in [1.165, 1.54) is 0 Å². The van der Waals surface area contributed by atoms with Crippen LogP contribution < -0.4 is 0 Å². The molecule has 2 heterocycles. The van der Waals surface area contributed by atoms with Crippen molar-refractivity contribution in [3.05, 3.63) is 59.3 Å². The first-order chi connectivity index (χ1) is 13.8. The molecule has 8 heteroatoms. The van der Waals surface area contributed by atoms with Crippen LogP contribution in [0.5, 0.6) is 0 Å². The number of ketones is 1. The number of fused-ring (bicyclic) bond motifs is 2. The number of nitrogens with zero attached hydrogens (tertiary/aromatic N) is 2. The van der Waals surface area contributed by atoms with E-state index in [-0.39, 0.29) is 17.5 Å². The summed E-state index contributed by atoms with van der Waals surface area (Å²) in [4.78, 5) is 42.7. The van der Waals surface area contributed by atoms with E-state index in [0.29, 0.717) is 36.6 Å². The van der Waals surface area contributed by atoms with Crippen molar-refractivity contribution in [3.63, 3.8) is 0 Å². The van der Waals surface area contributed by atoms with Gasteiger partial charge in [-0.3, -0.25) is 4.79 Å². The Kier molecular flexibility index (Phi) is 4.54. The van der Waals surface area contributed by atoms with Crippen LogP contribution in [0.4, 0.5) is 0 Å². The number of carboxylic acid groups (broad SMARTS) is 2. The molecule has 0 amide bonds. The van der Waals surface area contributed by atoms with Gasteiger partial charge in [0.15, 0.2) is 5.78 Å². The monoisotopic (exact) mass is 393 g/mol. The van der Waals surface area contributed by atoms with Gasteiger partial charge in [-0.1, -0.05) is 18.2 Å². The highest BCUT2D eigenvalue weighted by Crippen LogP contribution is 2.31. The van der Waals surface area contributed by atoms with Crippen molar-refractivity contribution in [1.82, 2.24) is 14.5 Å². The molecule has 8 nitrogen and oxygen atoms in total. The normalized spacial score (nSPS) is 16.6. The Labute approximate surface area is 165 Å². The van der Waals surface area contributed by atoms with Crippen LogP contribution in [-0.2, 0) is 29.5 Å². The summed E-state index contributed by atoms with van der Waals surface area (Å²) >= 11 is 0. The van der Waals surface area contributed by atoms with Gasteiger partial charge in [-0.05, 0) is 18.9 Å². The molecule has 1 aromatic carbocycles. The molecule has 148 valence electrons. The molecule has 0 saturated heterocycles. The fraction of sp³-hybridized carbons (Fsp3) is 0.238. The minimum absolute atomic E-state index is 0.00293. The zero-order valence-corrected chi connectivity index (χ0v) is 15.7. The Morgan fingerprint density at radius 2 is 2.00 bits per heavy atom. The Morgan fingerprint density at radius 3 is 2.72 bits per heavy atom. The van der Waals surface area contributed by atoms with Gasteiger partial charge in [0, 0.05) is 53.8 Å². The van der Waals surface area contributed by atoms with Crippen LogP contribution in [0.25, 0.3) is 16.5 Å². The van der Waals surface area contributed by atoms with E-state index < -0.39 is 17.5 Å². The molecule has 1 aliphatic carbocycles. The lowest BCUT2D eigenvalue weighted by molar-refractivity contribution is -0.133. The van der Waals surface area contributed by atoms with E-state index in [2.05, 4.69) is 9.97 Å². The highest BCUT2D eigenvalue weighted by Gasteiger charge is 2.30. The van der Waals surface area contributed by atoms with Crippen molar-refractivity contribution in [1.29, 1.82) is 0 Å². The summed E-state index contributed by atoms with van der Waals surface area (Å²) in [7, 11) is 1.90. The second-order valence-corrected chi connectivity index (χ2v) is 7.19. The maximum atomic E-state index is 13.2. The predicted octanol–water partition coefficient (Wildman–Crippen LogP) is 2.44. The molecule has 29 heavy (non-hydrogen) atoms. The SMILES string of the molecule is Cn1cc(C(=O)C2CCc3[nH]c(/C(=C/C(=O)O)C(=O)O)nc3C2)c2ccccc21. The zero-order valence-electron chi connectivity index (χ0n) is 15.7. The summed E-state index contributed by atoms with van der Waals surface area (Å²) in [5, 5.41) is 19.1. The summed E-state index contributed by atoms with van der Waals surface area (Å²) in [6.07, 6.45) is 4.00. The number of aromatic nitrogens is 3. The average Bonchev–Trinajstić information content (AvgIpc) is 3.26. The fourth-order valence-electron chi connectivity index (χ4n) is 3.94. The molecular formula is C21H19N3O5. The number of carbonyl (C=O) groups is 3. The standard InChI is InChI=1S/C21H19N3O5/c1-24-10-14(12-4-2-3-5-17(12)24)19(27)11-6-7-15-16(8-11)23-20(22-15)13(21(28)29)9-18(25)26/h2-5,9-11H,6-8H2,1H3,(H,22,23)(H,25,26)(H,28,29)/b13-9-. The molecule has 1 unspecified atom stereocenters. The van der Waals surface area contributed by atoms with Gasteiger partial charge in [-0.2, -0.15) is 0 Å². The fourth-order valence-corrected chi connectivity index (χ4v) is 3.94. The van der Waals surface area contributed by atoms with Crippen LogP contribution in [0.2, 0.25) is 0 Å². The minimum Gasteiger partial charge on any atom is -0.478 e. The predicted molar refractivity (Wildman–Crippen MR) is 105 cm³/mol. The first kappa shape index (κ1) is 18.7. The molecule has 1 aliphatic rings. The molecular weight excluding hydrogens is 374 g/mol. The Morgan fingerprint density at radius 1 is 1.24 bits per heavy atom. The van der Waals surface area contributed by atoms with Crippen LogP contribution >= 0.6 is 0 Å². The number of imidazole rings is 1. The third-order valence-electron chi connectivity index (χ3n) is 5.33. The van der Waals surface area contributed by atoms with Crippen LogP contribution in [0.1, 0.15) is 34.0 Å². The van der Waals surface area contributed by atoms with E-state index in [1.54, 1.807) is 0 Å². The number of nitrogens with one attached hydrogen (secondary N) is 1. The number of aryl methyl sites for hydroxylation is 2. The number of rotatable bonds is 5. The molecule has 0 radical (unpaired) electrons. The number of aromatic amines is 1. The second-order valence-electron chi connectivity index (χ2n) is 7.19. The van der Waals surface area contributed by atoms with Gasteiger partial charge in [-0.25, -0.2) is 14.6 Å². The van der Waals surface area contributed by atoms with Crippen LogP contribution in [0, 0.1) is 5.92 Å². The van der Waals surface area contributed by atoms with Gasteiger partial charge < -0.3 is 19.8 Å². The molecule has 0 spiro atoms. The van der Waals surface area contributed by atoms with Gasteiger partial charge >= 0.3 is 11.9 Å². The molecule has 0 fully saturated rings. The van der Waals surface area contributed by atoms with Crippen molar-refractivity contribution >= 4 is 34.2 Å². The van der Waals surface area contributed by atoms with Crippen molar-refractivity contribution in [3.8, 4) is 0 Å². The van der Waals surface area contributed by atoms with Crippen molar-refractivity contribution in [2.24, 2.45) is 13.0 Å². The van der Waals surface area contributed by atoms with Gasteiger partial charge in [0.1, 0.15) is 11.4 Å². The number of benzene rings is 1. The number of Topliss-reactive ketones (excluding diaryl/α,β-unsaturated/α-hetero) is 1. The van der Waals surface area contributed by atoms with E-state index in [4.69, 9.17) is 5.11 Å². The smallest absolute Gasteiger partial charge is 0.339 e. The molecule has 3 N–H and O–H groups in total. The van der Waals surface area contributed by atoms with Crippen molar-refractivity contribution in [2.45, 2.75) is 19.3 Å². The number of para-hydroxylation sites is 1. The van der Waals surface area contributed by atoms with Crippen LogP contribution in [0.15, 0.2) is 36.5 Å². The lowest BCUT2D eigenvalue weighted by Crippen LogP contribution is -2.22. The number of H-pyrrole nitrogens is 1. The Bertz CT molecular complexity index is 1180. The third kappa shape index (κ3) is 3.33. The van der Waals surface area contributed by atoms with E-state index in [1.807, 2.05) is 42.1 Å². The van der Waals surface area contributed by atoms with Crippen molar-refractivity contribution in [2.75, 3.05) is 0 Å². The first-order valence-corrected chi connectivity index (χ1v) is 9.19. The number of hydrogen-bond donors (Lipinski definition) is 3. The van der Waals surface area contributed by atoms with E-state index in [9.17, 15) is 19.5 Å². The maximum Gasteiger partial charge on any atom is 0.339 e. The van der Waals surface area contributed by atoms with E-state index >= 15 is 0 Å². The molecule has 3 aromatic rings. The molecule has 1 atom stereocenters.